The summed E-state index contributed by atoms with van der Waals surface area (Å²) in [5.41, 5.74) is 8.20. The first kappa shape index (κ1) is 8.62. The Kier molecular flexibility index (Phi) is 2.10. The van der Waals surface area contributed by atoms with Gasteiger partial charge < -0.3 is 16.0 Å². The number of aromatic nitrogens is 2. The van der Waals surface area contributed by atoms with Gasteiger partial charge in [-0.15, -0.1) is 0 Å². The average Bonchev–Trinajstić information content (AvgIpc) is 2.64. The molecule has 2 rings (SSSR count). The Morgan fingerprint density at radius 1 is 1.36 bits per heavy atom. The number of nitrogens with zero attached hydrogens (tertiary/aromatic N) is 1. The number of anilines is 3. The van der Waals surface area contributed by atoms with Gasteiger partial charge >= 0.3 is 0 Å². The van der Waals surface area contributed by atoms with E-state index in [4.69, 9.17) is 5.73 Å². The summed E-state index contributed by atoms with van der Waals surface area (Å²) >= 11 is 0. The number of hydrogen-bond acceptors (Lipinski definition) is 3. The van der Waals surface area contributed by atoms with Crippen LogP contribution in [0, 0.1) is 6.92 Å². The standard InChI is InChI=1S/C10H12N4/c1-7-9(11)2-3-10(13-7)14-8-4-5-12-6-8/h2-6,12H,11H2,1H3,(H,13,14). The zero-order valence-electron chi connectivity index (χ0n) is 7.91. The summed E-state index contributed by atoms with van der Waals surface area (Å²) in [6, 6.07) is 5.64. The highest BCUT2D eigenvalue weighted by Crippen LogP contribution is 2.16. The summed E-state index contributed by atoms with van der Waals surface area (Å²) < 4.78 is 0. The normalized spacial score (nSPS) is 10.1. The molecule has 0 unspecified atom stereocenters. The molecule has 4 heteroatoms. The van der Waals surface area contributed by atoms with Crippen LogP contribution in [-0.4, -0.2) is 9.97 Å². The molecule has 2 aromatic rings. The molecule has 14 heavy (non-hydrogen) atoms. The third kappa shape index (κ3) is 1.69. The number of H-pyrrole nitrogens is 1. The molecule has 0 bridgehead atoms. The number of rotatable bonds is 2. The summed E-state index contributed by atoms with van der Waals surface area (Å²) in [5, 5.41) is 3.15. The number of pyridine rings is 1. The van der Waals surface area contributed by atoms with Gasteiger partial charge in [0, 0.05) is 12.4 Å². The summed E-state index contributed by atoms with van der Waals surface area (Å²) in [6.07, 6.45) is 3.72. The molecule has 2 aromatic heterocycles. The van der Waals surface area contributed by atoms with Crippen molar-refractivity contribution < 1.29 is 0 Å². The minimum atomic E-state index is 0.713. The van der Waals surface area contributed by atoms with Crippen LogP contribution in [0.5, 0.6) is 0 Å². The Morgan fingerprint density at radius 2 is 2.21 bits per heavy atom. The van der Waals surface area contributed by atoms with E-state index >= 15 is 0 Å². The van der Waals surface area contributed by atoms with Crippen LogP contribution in [-0.2, 0) is 0 Å². The number of aromatic amines is 1. The summed E-state index contributed by atoms with van der Waals surface area (Å²) in [5.74, 6) is 0.802. The van der Waals surface area contributed by atoms with Crippen molar-refractivity contribution in [2.75, 3.05) is 11.1 Å². The summed E-state index contributed by atoms with van der Waals surface area (Å²) in [7, 11) is 0. The Bertz CT molecular complexity index is 420. The predicted molar refractivity (Wildman–Crippen MR) is 57.5 cm³/mol. The quantitative estimate of drug-likeness (QED) is 0.675. The van der Waals surface area contributed by atoms with Crippen LogP contribution in [0.2, 0.25) is 0 Å². The molecule has 4 nitrogen and oxygen atoms in total. The van der Waals surface area contributed by atoms with E-state index in [9.17, 15) is 0 Å². The highest BCUT2D eigenvalue weighted by atomic mass is 15.0. The van der Waals surface area contributed by atoms with Crippen molar-refractivity contribution in [2.24, 2.45) is 0 Å². The molecule has 72 valence electrons. The zero-order valence-corrected chi connectivity index (χ0v) is 7.91. The van der Waals surface area contributed by atoms with Crippen LogP contribution in [0.4, 0.5) is 17.2 Å². The van der Waals surface area contributed by atoms with Gasteiger partial charge in [0.05, 0.1) is 17.1 Å². The minimum Gasteiger partial charge on any atom is -0.397 e. The first-order valence-corrected chi connectivity index (χ1v) is 4.38. The number of nitrogens with two attached hydrogens (primary N) is 1. The molecule has 2 heterocycles. The molecule has 0 fully saturated rings. The molecule has 0 amide bonds. The molecule has 4 N–H and O–H groups in total. The molecule has 0 aromatic carbocycles. The number of aryl methyl sites for hydroxylation is 1. The number of nitrogen functional groups attached to an aromatic ring is 1. The lowest BCUT2D eigenvalue weighted by molar-refractivity contribution is 1.20. The van der Waals surface area contributed by atoms with Gasteiger partial charge in [0.1, 0.15) is 5.82 Å². The smallest absolute Gasteiger partial charge is 0.130 e. The summed E-state index contributed by atoms with van der Waals surface area (Å²) in [4.78, 5) is 7.26. The van der Waals surface area contributed by atoms with Crippen molar-refractivity contribution in [3.8, 4) is 0 Å². The lowest BCUT2D eigenvalue weighted by Crippen LogP contribution is -1.97. The minimum absolute atomic E-state index is 0.713. The van der Waals surface area contributed by atoms with Gasteiger partial charge in [-0.3, -0.25) is 0 Å². The summed E-state index contributed by atoms with van der Waals surface area (Å²) in [6.45, 7) is 1.89. The molecular weight excluding hydrogens is 176 g/mol. The van der Waals surface area contributed by atoms with Crippen molar-refractivity contribution in [1.82, 2.24) is 9.97 Å². The third-order valence-corrected chi connectivity index (χ3v) is 2.00. The fourth-order valence-electron chi connectivity index (χ4n) is 1.19. The van der Waals surface area contributed by atoms with Gasteiger partial charge in [-0.1, -0.05) is 0 Å². The molecule has 0 aliphatic carbocycles. The van der Waals surface area contributed by atoms with Crippen LogP contribution in [0.15, 0.2) is 30.6 Å². The largest absolute Gasteiger partial charge is 0.397 e. The first-order chi connectivity index (χ1) is 6.75. The second-order valence-electron chi connectivity index (χ2n) is 3.10. The van der Waals surface area contributed by atoms with Crippen molar-refractivity contribution in [3.05, 3.63) is 36.3 Å². The molecule has 0 atom stereocenters. The Morgan fingerprint density at radius 3 is 2.86 bits per heavy atom. The highest BCUT2D eigenvalue weighted by Gasteiger charge is 1.98. The van der Waals surface area contributed by atoms with Crippen molar-refractivity contribution in [2.45, 2.75) is 6.92 Å². The number of nitrogens with one attached hydrogen (secondary N) is 2. The van der Waals surface area contributed by atoms with Gasteiger partial charge in [0.15, 0.2) is 0 Å². The predicted octanol–water partition coefficient (Wildman–Crippen LogP) is 2.04. The maximum atomic E-state index is 5.67. The second-order valence-corrected chi connectivity index (χ2v) is 3.10. The van der Waals surface area contributed by atoms with E-state index in [1.165, 1.54) is 0 Å². The van der Waals surface area contributed by atoms with Crippen LogP contribution in [0.25, 0.3) is 0 Å². The van der Waals surface area contributed by atoms with E-state index < -0.39 is 0 Å². The van der Waals surface area contributed by atoms with Gasteiger partial charge in [-0.25, -0.2) is 4.98 Å². The second kappa shape index (κ2) is 3.41. The molecular formula is C10H12N4. The Hall–Kier alpha value is -1.97. The van der Waals surface area contributed by atoms with Crippen LogP contribution >= 0.6 is 0 Å². The number of hydrogen-bond donors (Lipinski definition) is 3. The lowest BCUT2D eigenvalue weighted by atomic mass is 10.3. The third-order valence-electron chi connectivity index (χ3n) is 2.00. The van der Waals surface area contributed by atoms with Crippen molar-refractivity contribution >= 4 is 17.2 Å². The van der Waals surface area contributed by atoms with E-state index in [0.717, 1.165) is 17.2 Å². The molecule has 0 radical (unpaired) electrons. The molecule has 0 saturated carbocycles. The lowest BCUT2D eigenvalue weighted by Gasteiger charge is -2.05. The monoisotopic (exact) mass is 188 g/mol. The Labute approximate surface area is 82.2 Å². The average molecular weight is 188 g/mol. The molecule has 0 aliphatic rings. The molecule has 0 saturated heterocycles. The van der Waals surface area contributed by atoms with Crippen LogP contribution in [0.3, 0.4) is 0 Å². The van der Waals surface area contributed by atoms with Crippen LogP contribution in [0.1, 0.15) is 5.69 Å². The van der Waals surface area contributed by atoms with Crippen molar-refractivity contribution in [3.63, 3.8) is 0 Å². The van der Waals surface area contributed by atoms with Gasteiger partial charge in [0.25, 0.3) is 0 Å². The first-order valence-electron chi connectivity index (χ1n) is 4.38. The van der Waals surface area contributed by atoms with E-state index in [0.29, 0.717) is 5.69 Å². The Balaban J connectivity index is 2.22. The van der Waals surface area contributed by atoms with Gasteiger partial charge in [-0.2, -0.15) is 0 Å². The molecule has 0 aliphatic heterocycles. The van der Waals surface area contributed by atoms with Gasteiger partial charge in [0.2, 0.25) is 0 Å². The fraction of sp³-hybridized carbons (Fsp3) is 0.100. The zero-order chi connectivity index (χ0) is 9.97. The van der Waals surface area contributed by atoms with E-state index in [1.54, 1.807) is 0 Å². The van der Waals surface area contributed by atoms with E-state index in [-0.39, 0.29) is 0 Å². The van der Waals surface area contributed by atoms with Crippen LogP contribution < -0.4 is 11.1 Å². The maximum absolute atomic E-state index is 5.67. The SMILES string of the molecule is Cc1nc(Nc2cc[nH]c2)ccc1N. The van der Waals surface area contributed by atoms with Crippen molar-refractivity contribution in [1.29, 1.82) is 0 Å². The topological polar surface area (TPSA) is 66.7 Å². The maximum Gasteiger partial charge on any atom is 0.130 e. The van der Waals surface area contributed by atoms with E-state index in [2.05, 4.69) is 15.3 Å². The fourth-order valence-corrected chi connectivity index (χ4v) is 1.19. The molecule has 0 spiro atoms. The highest BCUT2D eigenvalue weighted by molar-refractivity contribution is 5.57. The van der Waals surface area contributed by atoms with Gasteiger partial charge in [-0.05, 0) is 25.1 Å². The van der Waals surface area contributed by atoms with E-state index in [1.807, 2.05) is 37.5 Å².